The molecule has 0 fully saturated rings. The number of carbonyl (C=O) groups excluding carboxylic acids is 5. The van der Waals surface area contributed by atoms with Crippen molar-refractivity contribution in [2.45, 2.75) is 173 Å². The number of hydrogen-bond acceptors (Lipinski definition) is 11. The third-order valence-electron chi connectivity index (χ3n) is 9.86. The molecule has 0 heterocycles. The molecule has 0 spiro atoms. The van der Waals surface area contributed by atoms with Gasteiger partial charge in [-0.25, -0.2) is 4.79 Å². The van der Waals surface area contributed by atoms with Crippen LogP contribution in [0.25, 0.3) is 6.15 Å². The summed E-state index contributed by atoms with van der Waals surface area (Å²) in [6.07, 6.45) is 24.4. The Hall–Kier alpha value is -1.32. The second-order valence-electron chi connectivity index (χ2n) is 15.1. The molecular formula is C46H91KN6O11S2. The molecule has 20 heteroatoms. The van der Waals surface area contributed by atoms with Crippen molar-refractivity contribution >= 4 is 62.4 Å². The van der Waals surface area contributed by atoms with E-state index in [9.17, 15) is 33.9 Å². The molecule has 4 amide bonds. The Bertz CT molecular complexity index is 1210. The fraction of sp³-hybridized carbons (Fsp3) is 0.826. The number of carboxylic acid groups (broad SMARTS) is 1. The predicted octanol–water partition coefficient (Wildman–Crippen LogP) is 3.08. The molecule has 0 aliphatic rings. The van der Waals surface area contributed by atoms with Crippen molar-refractivity contribution in [2.24, 2.45) is 5.73 Å². The number of carboxylic acids is 1. The summed E-state index contributed by atoms with van der Waals surface area (Å²) in [7, 11) is 3.08. The first-order chi connectivity index (χ1) is 30.1. The largest absolute Gasteiger partial charge is 1.00 e. The Kier molecular flexibility index (Phi) is 69.0. The van der Waals surface area contributed by atoms with Crippen LogP contribution in [0, 0.1) is 12.3 Å². The number of Topliss-reactive ketones (excluding diaryl/α,β-unsaturated/α-hetero) is 1. The second-order valence-corrected chi connectivity index (χ2v) is 15.1. The smallest absolute Gasteiger partial charge is 0.693 e. The maximum Gasteiger partial charge on any atom is 1.00 e. The minimum absolute atomic E-state index is 0. The third kappa shape index (κ3) is 53.6. The SMILES string of the molecule is C#CCCC(=O)N[C@@H](CCCCCC(=O)CC[C@H](NC(=O)CCCCCCCCCCCCCCC)C(=O)O)C(=O)NCCOCCOCCOCCOCCC(=O)NC.CN.S.S.[K+].[NH2-]. The minimum Gasteiger partial charge on any atom is -0.693 e. The zero-order valence-electron chi connectivity index (χ0n) is 41.3. The summed E-state index contributed by atoms with van der Waals surface area (Å²) < 4.78 is 21.7. The molecule has 0 aromatic rings. The molecule has 0 aromatic heterocycles. The van der Waals surface area contributed by atoms with Crippen molar-refractivity contribution in [2.75, 3.05) is 73.5 Å². The van der Waals surface area contributed by atoms with E-state index < -0.39 is 18.1 Å². The van der Waals surface area contributed by atoms with Crippen LogP contribution in [0.1, 0.15) is 161 Å². The second kappa shape index (κ2) is 59.8. The molecule has 0 saturated heterocycles. The van der Waals surface area contributed by atoms with Gasteiger partial charge in [-0.1, -0.05) is 96.8 Å². The molecule has 384 valence electrons. The van der Waals surface area contributed by atoms with Gasteiger partial charge >= 0.3 is 57.4 Å². The standard InChI is InChI=1S/C45H80N4O11.CH5N.K.H2N.2H2S/c1-4-6-8-9-10-11-12-13-14-15-16-17-21-25-43(53)49-40(45(55)56)27-26-38(50)22-19-18-20-23-39(48-42(52)24-7-5-2)44(54)47-29-31-58-33-35-60-37-36-59-34-32-57-30-28-41(51)46-3;1-2;;;;/h2,39-40H,4,6-37H2,1,3H3,(H,46,51)(H,47,54)(H,48,52)(H,49,53)(H,55,56);2H2,1H3;;3*1H2/q;;+1;-1;;/t39-,40-;;;;;/m0...../s1. The topological polar surface area (TPSA) is 267 Å². The van der Waals surface area contributed by atoms with Gasteiger partial charge in [0.1, 0.15) is 17.9 Å². The van der Waals surface area contributed by atoms with Gasteiger partial charge in [0.2, 0.25) is 23.6 Å². The van der Waals surface area contributed by atoms with E-state index in [-0.39, 0.29) is 166 Å². The molecule has 0 aliphatic heterocycles. The average molecular weight is 1010 g/mol. The summed E-state index contributed by atoms with van der Waals surface area (Å²) in [5.41, 5.74) is 4.50. The molecule has 0 bridgehead atoms. The van der Waals surface area contributed by atoms with Crippen LogP contribution in [0.4, 0.5) is 0 Å². The summed E-state index contributed by atoms with van der Waals surface area (Å²) in [6, 6.07) is -1.87. The Labute approximate surface area is 454 Å². The summed E-state index contributed by atoms with van der Waals surface area (Å²) in [4.78, 5) is 73.2. The van der Waals surface area contributed by atoms with Gasteiger partial charge in [0, 0.05) is 52.1 Å². The number of terminal acetylenes is 1. The molecule has 0 aliphatic carbocycles. The van der Waals surface area contributed by atoms with Gasteiger partial charge in [-0.15, -0.1) is 12.3 Å². The Morgan fingerprint density at radius 1 is 0.561 bits per heavy atom. The van der Waals surface area contributed by atoms with Crippen LogP contribution < -0.4 is 78.4 Å². The molecule has 0 saturated carbocycles. The quantitative estimate of drug-likeness (QED) is 0.0292. The van der Waals surface area contributed by atoms with Gasteiger partial charge in [0.05, 0.1) is 52.9 Å². The van der Waals surface area contributed by atoms with Crippen LogP contribution in [-0.2, 0) is 47.7 Å². The first kappa shape index (κ1) is 76.2. The number of unbranched alkanes of at least 4 members (excludes halogenated alkanes) is 14. The van der Waals surface area contributed by atoms with E-state index >= 15 is 0 Å². The number of hydrogen-bond donors (Lipinski definition) is 6. The first-order valence-electron chi connectivity index (χ1n) is 23.3. The molecule has 0 radical (unpaired) electrons. The van der Waals surface area contributed by atoms with Gasteiger partial charge in [-0.2, -0.15) is 27.0 Å². The minimum atomic E-state index is -1.15. The van der Waals surface area contributed by atoms with Crippen molar-refractivity contribution in [3.63, 3.8) is 0 Å². The molecule has 0 unspecified atom stereocenters. The first-order valence-corrected chi connectivity index (χ1v) is 23.3. The Morgan fingerprint density at radius 2 is 1.00 bits per heavy atom. The number of ether oxygens (including phenoxy) is 4. The average Bonchev–Trinajstić information content (AvgIpc) is 3.26. The number of amides is 4. The summed E-state index contributed by atoms with van der Waals surface area (Å²) >= 11 is 0. The monoisotopic (exact) mass is 1010 g/mol. The van der Waals surface area contributed by atoms with Crippen molar-refractivity contribution < 1.29 is 104 Å². The zero-order valence-corrected chi connectivity index (χ0v) is 46.4. The number of rotatable bonds is 44. The number of carbonyl (C=O) groups is 6. The van der Waals surface area contributed by atoms with E-state index in [0.717, 1.165) is 25.7 Å². The predicted molar refractivity (Wildman–Crippen MR) is 268 cm³/mol. The van der Waals surface area contributed by atoms with Crippen molar-refractivity contribution in [3.8, 4) is 12.3 Å². The van der Waals surface area contributed by atoms with E-state index in [2.05, 4.69) is 39.8 Å². The van der Waals surface area contributed by atoms with E-state index in [1.807, 2.05) is 0 Å². The van der Waals surface area contributed by atoms with Gasteiger partial charge in [-0.3, -0.25) is 24.0 Å². The summed E-state index contributed by atoms with van der Waals surface area (Å²) in [5.74, 6) is 0.154. The number of nitrogens with two attached hydrogens (primary N) is 2. The van der Waals surface area contributed by atoms with E-state index in [4.69, 9.17) is 25.4 Å². The number of ketones is 1. The molecule has 66 heavy (non-hydrogen) atoms. The number of nitrogens with one attached hydrogen (secondary N) is 4. The van der Waals surface area contributed by atoms with E-state index in [1.54, 1.807) is 7.05 Å². The van der Waals surface area contributed by atoms with Crippen molar-refractivity contribution in [3.05, 3.63) is 6.15 Å². The molecule has 0 rings (SSSR count). The van der Waals surface area contributed by atoms with Crippen LogP contribution in [-0.4, -0.2) is 126 Å². The van der Waals surface area contributed by atoms with Crippen LogP contribution in [0.2, 0.25) is 0 Å². The Balaban J connectivity index is -0.00000148. The summed E-state index contributed by atoms with van der Waals surface area (Å²) in [6.45, 7) is 5.33. The molecule has 9 N–H and O–H groups in total. The fourth-order valence-electron chi connectivity index (χ4n) is 6.25. The van der Waals surface area contributed by atoms with Crippen LogP contribution >= 0.6 is 27.0 Å². The van der Waals surface area contributed by atoms with Crippen LogP contribution in [0.3, 0.4) is 0 Å². The van der Waals surface area contributed by atoms with Gasteiger partial charge in [0.25, 0.3) is 0 Å². The maximum absolute atomic E-state index is 12.9. The van der Waals surface area contributed by atoms with E-state index in [1.165, 1.54) is 64.8 Å². The molecule has 2 atom stereocenters. The van der Waals surface area contributed by atoms with Crippen LogP contribution in [0.15, 0.2) is 0 Å². The molecule has 17 nitrogen and oxygen atoms in total. The van der Waals surface area contributed by atoms with Crippen molar-refractivity contribution in [1.29, 1.82) is 0 Å². The molecular weight excluding hydrogens is 916 g/mol. The third-order valence-corrected chi connectivity index (χ3v) is 9.86. The van der Waals surface area contributed by atoms with Gasteiger partial charge in [-0.05, 0) is 32.7 Å². The van der Waals surface area contributed by atoms with Crippen LogP contribution in [0.5, 0.6) is 0 Å². The summed E-state index contributed by atoms with van der Waals surface area (Å²) in [5, 5.41) is 20.3. The number of aliphatic carboxylic acids is 1. The normalized spacial score (nSPS) is 11.0. The Morgan fingerprint density at radius 3 is 1.50 bits per heavy atom. The van der Waals surface area contributed by atoms with Gasteiger partial charge < -0.3 is 57.2 Å². The maximum atomic E-state index is 12.9. The van der Waals surface area contributed by atoms with Gasteiger partial charge in [0.15, 0.2) is 0 Å². The fourth-order valence-corrected chi connectivity index (χ4v) is 6.25. The van der Waals surface area contributed by atoms with Crippen molar-refractivity contribution in [1.82, 2.24) is 21.3 Å². The zero-order chi connectivity index (χ0) is 46.3. The molecule has 0 aromatic carbocycles. The van der Waals surface area contributed by atoms with E-state index in [0.29, 0.717) is 78.4 Å².